The van der Waals surface area contributed by atoms with Crippen LogP contribution in [0.3, 0.4) is 0 Å². The molecular weight excluding hydrogens is 324 g/mol. The van der Waals surface area contributed by atoms with Crippen molar-refractivity contribution in [2.45, 2.75) is 83.8 Å². The number of fused-ring (bicyclic) bond motifs is 5. The van der Waals surface area contributed by atoms with E-state index in [2.05, 4.69) is 25.8 Å². The minimum absolute atomic E-state index is 0.0512. The summed E-state index contributed by atoms with van der Waals surface area (Å²) in [6.45, 7) is 6.18. The number of carbonyl (C=O) groups is 1. The minimum Gasteiger partial charge on any atom is -0.462 e. The summed E-state index contributed by atoms with van der Waals surface area (Å²) in [5.41, 5.74) is 0.655. The second-order valence-corrected chi connectivity index (χ2v) is 9.73. The van der Waals surface area contributed by atoms with Gasteiger partial charge in [-0.15, -0.1) is 6.42 Å². The molecule has 0 aromatic carbocycles. The van der Waals surface area contributed by atoms with Crippen LogP contribution in [0.4, 0.5) is 0 Å². The highest BCUT2D eigenvalue weighted by molar-refractivity contribution is 5.66. The summed E-state index contributed by atoms with van der Waals surface area (Å²) in [6, 6.07) is 0. The van der Waals surface area contributed by atoms with Gasteiger partial charge in [-0.05, 0) is 68.1 Å². The van der Waals surface area contributed by atoms with Crippen molar-refractivity contribution in [2.24, 2.45) is 28.6 Å². The minimum atomic E-state index is -0.930. The van der Waals surface area contributed by atoms with Crippen LogP contribution in [0.2, 0.25) is 0 Å². The molecule has 4 aliphatic carbocycles. The van der Waals surface area contributed by atoms with Crippen LogP contribution in [0.1, 0.15) is 72.1 Å². The lowest BCUT2D eigenvalue weighted by Crippen LogP contribution is -2.54. The zero-order valence-electron chi connectivity index (χ0n) is 16.4. The molecule has 3 nitrogen and oxygen atoms in total. The summed E-state index contributed by atoms with van der Waals surface area (Å²) in [6.07, 6.45) is 16.3. The summed E-state index contributed by atoms with van der Waals surface area (Å²) < 4.78 is 5.51. The van der Waals surface area contributed by atoms with Crippen LogP contribution in [0, 0.1) is 40.9 Å². The Bertz CT molecular complexity index is 688. The predicted octanol–water partition coefficient (Wildman–Crippen LogP) is 4.25. The van der Waals surface area contributed by atoms with E-state index in [1.807, 2.05) is 0 Å². The number of ether oxygens (including phenoxy) is 1. The molecule has 3 fully saturated rings. The number of rotatable bonds is 1. The number of terminal acetylenes is 1. The maximum atomic E-state index is 11.3. The smallest absolute Gasteiger partial charge is 0.302 e. The van der Waals surface area contributed by atoms with E-state index in [0.717, 1.165) is 51.4 Å². The molecule has 26 heavy (non-hydrogen) atoms. The quantitative estimate of drug-likeness (QED) is 0.434. The number of allylic oxidation sites excluding steroid dienone is 1. The molecule has 0 heterocycles. The average molecular weight is 357 g/mol. The summed E-state index contributed by atoms with van der Waals surface area (Å²) in [7, 11) is 0. The first kappa shape index (κ1) is 18.1. The molecule has 7 atom stereocenters. The fourth-order valence-corrected chi connectivity index (χ4v) is 7.22. The topological polar surface area (TPSA) is 46.5 Å². The monoisotopic (exact) mass is 356 g/mol. The SMILES string of the molecule is C#C[C@]1(O)CC[C@@H]2[C@@H]3CC=C4C[C@H](OC(C)=O)CC[C@]4(C)[C@H]3CC[C@@]21C. The lowest BCUT2D eigenvalue weighted by atomic mass is 9.47. The average Bonchev–Trinajstić information content (AvgIpc) is 2.87. The molecule has 0 aromatic rings. The molecule has 1 N–H and O–H groups in total. The van der Waals surface area contributed by atoms with Gasteiger partial charge in [0.15, 0.2) is 0 Å². The van der Waals surface area contributed by atoms with Crippen molar-refractivity contribution in [1.29, 1.82) is 0 Å². The molecule has 0 bridgehead atoms. The van der Waals surface area contributed by atoms with E-state index in [1.165, 1.54) is 12.5 Å². The summed E-state index contributed by atoms with van der Waals surface area (Å²) in [5, 5.41) is 11.1. The second kappa shape index (κ2) is 5.86. The summed E-state index contributed by atoms with van der Waals surface area (Å²) in [4.78, 5) is 11.3. The largest absolute Gasteiger partial charge is 0.462 e. The van der Waals surface area contributed by atoms with Gasteiger partial charge < -0.3 is 9.84 Å². The van der Waals surface area contributed by atoms with Gasteiger partial charge in [-0.25, -0.2) is 0 Å². The van der Waals surface area contributed by atoms with Gasteiger partial charge in [0, 0.05) is 18.8 Å². The Morgan fingerprint density at radius 2 is 1.96 bits per heavy atom. The number of aliphatic hydroxyl groups is 1. The fraction of sp³-hybridized carbons (Fsp3) is 0.783. The molecular formula is C23H32O3. The summed E-state index contributed by atoms with van der Waals surface area (Å²) in [5.74, 6) is 4.39. The number of hydrogen-bond acceptors (Lipinski definition) is 3. The Labute approximate surface area is 157 Å². The van der Waals surface area contributed by atoms with Gasteiger partial charge in [0.1, 0.15) is 11.7 Å². The van der Waals surface area contributed by atoms with Gasteiger partial charge in [0.25, 0.3) is 0 Å². The molecule has 0 aromatic heterocycles. The lowest BCUT2D eigenvalue weighted by Gasteiger charge is -2.58. The molecule has 3 heteroatoms. The van der Waals surface area contributed by atoms with E-state index >= 15 is 0 Å². The van der Waals surface area contributed by atoms with E-state index in [9.17, 15) is 9.90 Å². The van der Waals surface area contributed by atoms with Gasteiger partial charge in [-0.1, -0.05) is 31.4 Å². The fourth-order valence-electron chi connectivity index (χ4n) is 7.22. The molecule has 0 saturated heterocycles. The van der Waals surface area contributed by atoms with E-state index in [0.29, 0.717) is 17.8 Å². The van der Waals surface area contributed by atoms with Gasteiger partial charge >= 0.3 is 5.97 Å². The molecule has 0 spiro atoms. The van der Waals surface area contributed by atoms with Crippen molar-refractivity contribution in [3.8, 4) is 12.3 Å². The Hall–Kier alpha value is -1.27. The molecule has 0 aliphatic heterocycles. The zero-order chi connectivity index (χ0) is 18.7. The highest BCUT2D eigenvalue weighted by Crippen LogP contribution is 2.67. The zero-order valence-corrected chi connectivity index (χ0v) is 16.4. The van der Waals surface area contributed by atoms with Crippen LogP contribution in [0.5, 0.6) is 0 Å². The highest BCUT2D eigenvalue weighted by Gasteiger charge is 2.63. The maximum Gasteiger partial charge on any atom is 0.302 e. The van der Waals surface area contributed by atoms with Crippen molar-refractivity contribution >= 4 is 5.97 Å². The third-order valence-electron chi connectivity index (χ3n) is 8.78. The number of hydrogen-bond donors (Lipinski definition) is 1. The van der Waals surface area contributed by atoms with Crippen LogP contribution in [0.15, 0.2) is 11.6 Å². The lowest BCUT2D eigenvalue weighted by molar-refractivity contribution is -0.149. The van der Waals surface area contributed by atoms with Crippen LogP contribution in [-0.2, 0) is 9.53 Å². The van der Waals surface area contributed by atoms with Gasteiger partial charge in [-0.3, -0.25) is 4.79 Å². The van der Waals surface area contributed by atoms with Crippen molar-refractivity contribution in [3.63, 3.8) is 0 Å². The van der Waals surface area contributed by atoms with Crippen molar-refractivity contribution < 1.29 is 14.6 Å². The molecule has 4 aliphatic rings. The van der Waals surface area contributed by atoms with Gasteiger partial charge in [0.2, 0.25) is 0 Å². The van der Waals surface area contributed by atoms with E-state index in [4.69, 9.17) is 11.2 Å². The van der Waals surface area contributed by atoms with Crippen LogP contribution < -0.4 is 0 Å². The molecule has 0 radical (unpaired) electrons. The van der Waals surface area contributed by atoms with E-state index in [1.54, 1.807) is 0 Å². The summed E-state index contributed by atoms with van der Waals surface area (Å²) >= 11 is 0. The standard InChI is InChI=1S/C23H32O3/c1-5-23(25)13-10-20-18-7-6-16-14-17(26-15(2)24)8-11-21(16,3)19(18)9-12-22(20,23)4/h1,6,17-20,25H,7-14H2,2-4H3/t17-,18-,19+,20-,21+,22+,23+/m1/s1. The Kier molecular flexibility index (Phi) is 4.08. The highest BCUT2D eigenvalue weighted by atomic mass is 16.5. The van der Waals surface area contributed by atoms with Gasteiger partial charge in [0.05, 0.1) is 0 Å². The van der Waals surface area contributed by atoms with E-state index in [-0.39, 0.29) is 22.9 Å². The van der Waals surface area contributed by atoms with Crippen LogP contribution in [-0.4, -0.2) is 22.8 Å². The van der Waals surface area contributed by atoms with Crippen molar-refractivity contribution in [3.05, 3.63) is 11.6 Å². The first-order valence-corrected chi connectivity index (χ1v) is 10.3. The first-order valence-electron chi connectivity index (χ1n) is 10.3. The van der Waals surface area contributed by atoms with Gasteiger partial charge in [-0.2, -0.15) is 0 Å². The molecule has 0 unspecified atom stereocenters. The Morgan fingerprint density at radius 3 is 2.65 bits per heavy atom. The first-order chi connectivity index (χ1) is 12.2. The third-order valence-corrected chi connectivity index (χ3v) is 8.78. The van der Waals surface area contributed by atoms with Crippen molar-refractivity contribution in [2.75, 3.05) is 0 Å². The Balaban J connectivity index is 1.61. The molecule has 3 saturated carbocycles. The maximum absolute atomic E-state index is 11.3. The second-order valence-electron chi connectivity index (χ2n) is 9.73. The van der Waals surface area contributed by atoms with Crippen molar-refractivity contribution in [1.82, 2.24) is 0 Å². The molecule has 0 amide bonds. The molecule has 4 rings (SSSR count). The normalized spacial score (nSPS) is 49.9. The number of carbonyl (C=O) groups excluding carboxylic acids is 1. The molecule has 142 valence electrons. The Morgan fingerprint density at radius 1 is 1.23 bits per heavy atom. The predicted molar refractivity (Wildman–Crippen MR) is 101 cm³/mol. The van der Waals surface area contributed by atoms with Crippen LogP contribution >= 0.6 is 0 Å². The number of esters is 1. The van der Waals surface area contributed by atoms with E-state index < -0.39 is 5.60 Å². The van der Waals surface area contributed by atoms with Crippen LogP contribution in [0.25, 0.3) is 0 Å². The third kappa shape index (κ3) is 2.34.